The highest BCUT2D eigenvalue weighted by Crippen LogP contribution is 2.13. The SMILES string of the molecule is CCN(CCc1ccccc1)C(=O)COc1ccc(C(C)=O)cc1. The van der Waals surface area contributed by atoms with Crippen molar-refractivity contribution < 1.29 is 14.3 Å². The van der Waals surface area contributed by atoms with Crippen molar-refractivity contribution in [1.82, 2.24) is 4.90 Å². The van der Waals surface area contributed by atoms with Gasteiger partial charge >= 0.3 is 0 Å². The Morgan fingerprint density at radius 1 is 1.00 bits per heavy atom. The lowest BCUT2D eigenvalue weighted by atomic mass is 10.1. The minimum atomic E-state index is -0.0379. The van der Waals surface area contributed by atoms with E-state index in [4.69, 9.17) is 4.74 Å². The van der Waals surface area contributed by atoms with Gasteiger partial charge in [-0.1, -0.05) is 30.3 Å². The Hall–Kier alpha value is -2.62. The normalized spacial score (nSPS) is 10.2. The quantitative estimate of drug-likeness (QED) is 0.699. The Labute approximate surface area is 143 Å². The molecule has 0 aliphatic heterocycles. The van der Waals surface area contributed by atoms with E-state index in [9.17, 15) is 9.59 Å². The van der Waals surface area contributed by atoms with E-state index < -0.39 is 0 Å². The fourth-order valence-corrected chi connectivity index (χ4v) is 2.39. The van der Waals surface area contributed by atoms with E-state index in [1.165, 1.54) is 12.5 Å². The summed E-state index contributed by atoms with van der Waals surface area (Å²) in [5.41, 5.74) is 1.84. The van der Waals surface area contributed by atoms with E-state index in [2.05, 4.69) is 12.1 Å². The Bertz CT molecular complexity index is 665. The molecule has 0 radical (unpaired) electrons. The van der Waals surface area contributed by atoms with Gasteiger partial charge in [-0.2, -0.15) is 0 Å². The average molecular weight is 325 g/mol. The first-order chi connectivity index (χ1) is 11.6. The number of carbonyl (C=O) groups is 2. The van der Waals surface area contributed by atoms with Gasteiger partial charge in [0.1, 0.15) is 5.75 Å². The van der Waals surface area contributed by atoms with Crippen molar-refractivity contribution >= 4 is 11.7 Å². The maximum absolute atomic E-state index is 12.3. The van der Waals surface area contributed by atoms with E-state index >= 15 is 0 Å². The molecule has 2 rings (SSSR count). The van der Waals surface area contributed by atoms with Crippen LogP contribution in [0, 0.1) is 0 Å². The van der Waals surface area contributed by atoms with Gasteiger partial charge < -0.3 is 9.64 Å². The van der Waals surface area contributed by atoms with Crippen molar-refractivity contribution in [3.05, 3.63) is 65.7 Å². The summed E-state index contributed by atoms with van der Waals surface area (Å²) < 4.78 is 5.53. The van der Waals surface area contributed by atoms with Gasteiger partial charge in [-0.15, -0.1) is 0 Å². The lowest BCUT2D eigenvalue weighted by Gasteiger charge is -2.21. The third-order valence-electron chi connectivity index (χ3n) is 3.87. The second-order valence-corrected chi connectivity index (χ2v) is 5.58. The van der Waals surface area contributed by atoms with Gasteiger partial charge in [0.2, 0.25) is 0 Å². The number of Topliss-reactive ketones (excluding diaryl/α,β-unsaturated/α-hetero) is 1. The van der Waals surface area contributed by atoms with Crippen molar-refractivity contribution in [2.75, 3.05) is 19.7 Å². The van der Waals surface area contributed by atoms with Crippen molar-refractivity contribution in [3.63, 3.8) is 0 Å². The maximum atomic E-state index is 12.3. The first-order valence-electron chi connectivity index (χ1n) is 8.15. The van der Waals surface area contributed by atoms with Gasteiger partial charge in [-0.05, 0) is 50.1 Å². The summed E-state index contributed by atoms with van der Waals surface area (Å²) in [6.07, 6.45) is 0.827. The van der Waals surface area contributed by atoms with Crippen LogP contribution in [-0.4, -0.2) is 36.3 Å². The standard InChI is InChI=1S/C20H23NO3/c1-3-21(14-13-17-7-5-4-6-8-17)20(23)15-24-19-11-9-18(10-12-19)16(2)22/h4-12H,3,13-15H2,1-2H3. The molecule has 0 saturated carbocycles. The number of hydrogen-bond donors (Lipinski definition) is 0. The largest absolute Gasteiger partial charge is 0.484 e. The van der Waals surface area contributed by atoms with Crippen molar-refractivity contribution in [2.45, 2.75) is 20.3 Å². The van der Waals surface area contributed by atoms with Crippen molar-refractivity contribution in [2.24, 2.45) is 0 Å². The lowest BCUT2D eigenvalue weighted by molar-refractivity contribution is -0.133. The molecule has 24 heavy (non-hydrogen) atoms. The zero-order valence-corrected chi connectivity index (χ0v) is 14.2. The molecule has 0 saturated heterocycles. The molecule has 2 aromatic rings. The number of benzene rings is 2. The van der Waals surface area contributed by atoms with Crippen LogP contribution in [0.15, 0.2) is 54.6 Å². The molecule has 0 aromatic heterocycles. The summed E-state index contributed by atoms with van der Waals surface area (Å²) in [5, 5.41) is 0. The predicted molar refractivity (Wildman–Crippen MR) is 94.3 cm³/mol. The van der Waals surface area contributed by atoms with E-state index in [1.807, 2.05) is 25.1 Å². The van der Waals surface area contributed by atoms with Crippen LogP contribution in [0.5, 0.6) is 5.75 Å². The van der Waals surface area contributed by atoms with Gasteiger partial charge in [0.25, 0.3) is 5.91 Å². The number of nitrogens with zero attached hydrogens (tertiary/aromatic N) is 1. The van der Waals surface area contributed by atoms with E-state index in [1.54, 1.807) is 29.2 Å². The number of hydrogen-bond acceptors (Lipinski definition) is 3. The van der Waals surface area contributed by atoms with Crippen LogP contribution >= 0.6 is 0 Å². The molecular formula is C20H23NO3. The van der Waals surface area contributed by atoms with E-state index in [0.29, 0.717) is 24.4 Å². The van der Waals surface area contributed by atoms with Crippen LogP contribution in [0.1, 0.15) is 29.8 Å². The summed E-state index contributed by atoms with van der Waals surface area (Å²) in [6, 6.07) is 16.9. The van der Waals surface area contributed by atoms with E-state index in [0.717, 1.165) is 6.42 Å². The molecule has 0 aliphatic carbocycles. The van der Waals surface area contributed by atoms with Crippen LogP contribution in [0.25, 0.3) is 0 Å². The zero-order chi connectivity index (χ0) is 17.4. The molecule has 0 heterocycles. The second kappa shape index (κ2) is 8.87. The van der Waals surface area contributed by atoms with Gasteiger partial charge in [-0.3, -0.25) is 9.59 Å². The van der Waals surface area contributed by atoms with Crippen LogP contribution < -0.4 is 4.74 Å². The van der Waals surface area contributed by atoms with Gasteiger partial charge in [0, 0.05) is 18.7 Å². The lowest BCUT2D eigenvalue weighted by Crippen LogP contribution is -2.36. The summed E-state index contributed by atoms with van der Waals surface area (Å²) in [7, 11) is 0. The highest BCUT2D eigenvalue weighted by Gasteiger charge is 2.12. The molecule has 126 valence electrons. The molecule has 0 atom stereocenters. The molecule has 2 aromatic carbocycles. The topological polar surface area (TPSA) is 46.6 Å². The molecule has 0 fully saturated rings. The first-order valence-corrected chi connectivity index (χ1v) is 8.15. The van der Waals surface area contributed by atoms with Crippen LogP contribution in [0.4, 0.5) is 0 Å². The van der Waals surface area contributed by atoms with Crippen molar-refractivity contribution in [3.8, 4) is 5.75 Å². The number of ketones is 1. The number of amides is 1. The van der Waals surface area contributed by atoms with Crippen molar-refractivity contribution in [1.29, 1.82) is 0 Å². The number of likely N-dealkylation sites (N-methyl/N-ethyl adjacent to an activating group) is 1. The first kappa shape index (κ1) is 17.7. The Morgan fingerprint density at radius 2 is 1.67 bits per heavy atom. The van der Waals surface area contributed by atoms with Gasteiger partial charge in [0.15, 0.2) is 12.4 Å². The number of rotatable bonds is 8. The molecule has 0 bridgehead atoms. The third-order valence-corrected chi connectivity index (χ3v) is 3.87. The molecule has 0 spiro atoms. The highest BCUT2D eigenvalue weighted by molar-refractivity contribution is 5.94. The van der Waals surface area contributed by atoms with Crippen LogP contribution in [0.3, 0.4) is 0 Å². The second-order valence-electron chi connectivity index (χ2n) is 5.58. The Kier molecular flexibility index (Phi) is 6.55. The van der Waals surface area contributed by atoms with E-state index in [-0.39, 0.29) is 18.3 Å². The van der Waals surface area contributed by atoms with Gasteiger partial charge in [0.05, 0.1) is 0 Å². The maximum Gasteiger partial charge on any atom is 0.260 e. The summed E-state index contributed by atoms with van der Waals surface area (Å²) in [4.78, 5) is 25.3. The van der Waals surface area contributed by atoms with Gasteiger partial charge in [-0.25, -0.2) is 0 Å². The minimum Gasteiger partial charge on any atom is -0.484 e. The molecule has 4 heteroatoms. The average Bonchev–Trinajstić information content (AvgIpc) is 2.61. The van der Waals surface area contributed by atoms with Crippen LogP contribution in [-0.2, 0) is 11.2 Å². The summed E-state index contributed by atoms with van der Waals surface area (Å²) in [6.45, 7) is 4.81. The zero-order valence-electron chi connectivity index (χ0n) is 14.2. The number of carbonyl (C=O) groups excluding carboxylic acids is 2. The Morgan fingerprint density at radius 3 is 2.25 bits per heavy atom. The highest BCUT2D eigenvalue weighted by atomic mass is 16.5. The fraction of sp³-hybridized carbons (Fsp3) is 0.300. The Balaban J connectivity index is 1.84. The molecule has 0 unspecified atom stereocenters. The smallest absolute Gasteiger partial charge is 0.260 e. The van der Waals surface area contributed by atoms with Crippen LogP contribution in [0.2, 0.25) is 0 Å². The molecule has 0 aliphatic rings. The summed E-state index contributed by atoms with van der Waals surface area (Å²) >= 11 is 0. The molecule has 1 amide bonds. The molecule has 4 nitrogen and oxygen atoms in total. The third kappa shape index (κ3) is 5.23. The summed E-state index contributed by atoms with van der Waals surface area (Å²) in [5.74, 6) is 0.562. The molecular weight excluding hydrogens is 302 g/mol. The monoisotopic (exact) mass is 325 g/mol. The molecule has 0 N–H and O–H groups in total. The fourth-order valence-electron chi connectivity index (χ4n) is 2.39. The minimum absolute atomic E-state index is 0.00203. The number of ether oxygens (including phenoxy) is 1. The predicted octanol–water partition coefficient (Wildman–Crippen LogP) is 3.36.